The van der Waals surface area contributed by atoms with E-state index >= 15 is 0 Å². The molecular formula is C10H16O2. The highest BCUT2D eigenvalue weighted by atomic mass is 16.6. The van der Waals surface area contributed by atoms with Crippen LogP contribution in [0.4, 0.5) is 0 Å². The second kappa shape index (κ2) is 3.56. The molecule has 0 unspecified atom stereocenters. The van der Waals surface area contributed by atoms with Crippen molar-refractivity contribution in [3.8, 4) is 0 Å². The Morgan fingerprint density at radius 2 is 1.92 bits per heavy atom. The Labute approximate surface area is 73.3 Å². The Hall–Kier alpha value is -0.370. The van der Waals surface area contributed by atoms with Gasteiger partial charge in [0.05, 0.1) is 6.61 Å². The second-order valence-corrected chi connectivity index (χ2v) is 4.00. The number of ether oxygens (including phenoxy) is 1. The van der Waals surface area contributed by atoms with Gasteiger partial charge in [-0.3, -0.25) is 4.79 Å². The number of hydrogen-bond donors (Lipinski definition) is 0. The highest BCUT2D eigenvalue weighted by Crippen LogP contribution is 2.28. The third kappa shape index (κ3) is 2.07. The first-order valence-corrected chi connectivity index (χ1v) is 5.00. The van der Waals surface area contributed by atoms with Crippen molar-refractivity contribution in [2.75, 3.05) is 6.61 Å². The van der Waals surface area contributed by atoms with Gasteiger partial charge in [-0.25, -0.2) is 0 Å². The summed E-state index contributed by atoms with van der Waals surface area (Å²) in [5, 5.41) is 0. The van der Waals surface area contributed by atoms with Gasteiger partial charge in [0.25, 0.3) is 0 Å². The zero-order chi connectivity index (χ0) is 8.39. The largest absolute Gasteiger partial charge is 0.365 e. The summed E-state index contributed by atoms with van der Waals surface area (Å²) in [5.74, 6) is 1.03. The average Bonchev–Trinajstić information content (AvgIpc) is 2.88. The summed E-state index contributed by atoms with van der Waals surface area (Å²) in [7, 11) is 0. The lowest BCUT2D eigenvalue weighted by Crippen LogP contribution is -2.15. The second-order valence-electron chi connectivity index (χ2n) is 4.00. The minimum atomic E-state index is -0.00748. The van der Waals surface area contributed by atoms with E-state index in [4.69, 9.17) is 4.74 Å². The van der Waals surface area contributed by atoms with Crippen LogP contribution < -0.4 is 0 Å². The van der Waals surface area contributed by atoms with E-state index < -0.39 is 0 Å². The fourth-order valence-corrected chi connectivity index (χ4v) is 2.04. The fraction of sp³-hybridized carbons (Fsp3) is 0.900. The van der Waals surface area contributed by atoms with Crippen LogP contribution in [0, 0.1) is 5.92 Å². The molecule has 0 N–H and O–H groups in total. The number of carbonyl (C=O) groups excluding carboxylic acids is 1. The first-order chi connectivity index (χ1) is 5.86. The van der Waals surface area contributed by atoms with E-state index in [1.54, 1.807) is 0 Å². The van der Waals surface area contributed by atoms with Crippen LogP contribution in [0.25, 0.3) is 0 Å². The number of epoxide rings is 1. The number of Topliss-reactive ketones (excluding diaryl/α,β-unsaturated/α-hetero) is 1. The fourth-order valence-electron chi connectivity index (χ4n) is 2.04. The van der Waals surface area contributed by atoms with Crippen LogP contribution in [0.15, 0.2) is 0 Å². The molecule has 0 radical (unpaired) electrons. The van der Waals surface area contributed by atoms with Gasteiger partial charge in [0.2, 0.25) is 0 Å². The molecule has 2 nitrogen and oxygen atoms in total. The molecular weight excluding hydrogens is 152 g/mol. The zero-order valence-corrected chi connectivity index (χ0v) is 7.42. The zero-order valence-electron chi connectivity index (χ0n) is 7.42. The quantitative estimate of drug-likeness (QED) is 0.602. The lowest BCUT2D eigenvalue weighted by molar-refractivity contribution is -0.121. The standard InChI is InChI=1S/C10H16O2/c11-9(10-7-12-10)6-8-4-2-1-3-5-8/h8,10H,1-7H2/t10-/m1/s1. The summed E-state index contributed by atoms with van der Waals surface area (Å²) in [5.41, 5.74) is 0. The maximum absolute atomic E-state index is 11.3. The summed E-state index contributed by atoms with van der Waals surface area (Å²) in [6.07, 6.45) is 7.31. The van der Waals surface area contributed by atoms with Gasteiger partial charge >= 0.3 is 0 Å². The van der Waals surface area contributed by atoms with Gasteiger partial charge in [-0.1, -0.05) is 32.1 Å². The van der Waals surface area contributed by atoms with Crippen molar-refractivity contribution in [3.63, 3.8) is 0 Å². The lowest BCUT2D eigenvalue weighted by Gasteiger charge is -2.20. The molecule has 0 spiro atoms. The predicted octanol–water partition coefficient (Wildman–Crippen LogP) is 1.92. The molecule has 1 atom stereocenters. The molecule has 0 amide bonds. The van der Waals surface area contributed by atoms with Gasteiger partial charge < -0.3 is 4.74 Å². The van der Waals surface area contributed by atoms with Crippen LogP contribution in [0.2, 0.25) is 0 Å². The maximum atomic E-state index is 11.3. The molecule has 12 heavy (non-hydrogen) atoms. The van der Waals surface area contributed by atoms with Crippen LogP contribution in [0.1, 0.15) is 38.5 Å². The van der Waals surface area contributed by atoms with Gasteiger partial charge in [0.1, 0.15) is 6.10 Å². The van der Waals surface area contributed by atoms with Gasteiger partial charge in [-0.2, -0.15) is 0 Å². The Morgan fingerprint density at radius 3 is 2.50 bits per heavy atom. The molecule has 0 bridgehead atoms. The highest BCUT2D eigenvalue weighted by Gasteiger charge is 2.32. The van der Waals surface area contributed by atoms with Crippen molar-refractivity contribution in [1.29, 1.82) is 0 Å². The van der Waals surface area contributed by atoms with Gasteiger partial charge in [0, 0.05) is 6.42 Å². The normalized spacial score (nSPS) is 30.2. The van der Waals surface area contributed by atoms with E-state index in [1.165, 1.54) is 32.1 Å². The molecule has 68 valence electrons. The average molecular weight is 168 g/mol. The molecule has 2 rings (SSSR count). The van der Waals surface area contributed by atoms with E-state index in [0.29, 0.717) is 18.3 Å². The predicted molar refractivity (Wildman–Crippen MR) is 45.9 cm³/mol. The van der Waals surface area contributed by atoms with Crippen LogP contribution in [-0.2, 0) is 9.53 Å². The van der Waals surface area contributed by atoms with Crippen LogP contribution in [-0.4, -0.2) is 18.5 Å². The maximum Gasteiger partial charge on any atom is 0.164 e. The molecule has 1 saturated carbocycles. The Kier molecular flexibility index (Phi) is 2.45. The van der Waals surface area contributed by atoms with Crippen molar-refractivity contribution < 1.29 is 9.53 Å². The van der Waals surface area contributed by atoms with E-state index in [0.717, 1.165) is 6.42 Å². The third-order valence-electron chi connectivity index (χ3n) is 2.91. The van der Waals surface area contributed by atoms with E-state index in [1.807, 2.05) is 0 Å². The van der Waals surface area contributed by atoms with E-state index in [2.05, 4.69) is 0 Å². The van der Waals surface area contributed by atoms with Crippen LogP contribution in [0.3, 0.4) is 0 Å². The summed E-state index contributed by atoms with van der Waals surface area (Å²) in [6.45, 7) is 0.686. The minimum absolute atomic E-state index is 0.00748. The monoisotopic (exact) mass is 168 g/mol. The number of carbonyl (C=O) groups is 1. The molecule has 0 aromatic heterocycles. The van der Waals surface area contributed by atoms with Crippen LogP contribution >= 0.6 is 0 Å². The van der Waals surface area contributed by atoms with Gasteiger partial charge in [-0.05, 0) is 5.92 Å². The van der Waals surface area contributed by atoms with Crippen molar-refractivity contribution in [2.24, 2.45) is 5.92 Å². The smallest absolute Gasteiger partial charge is 0.164 e. The number of hydrogen-bond acceptors (Lipinski definition) is 2. The molecule has 1 aliphatic heterocycles. The molecule has 0 aromatic rings. The minimum Gasteiger partial charge on any atom is -0.365 e. The van der Waals surface area contributed by atoms with Crippen molar-refractivity contribution >= 4 is 5.78 Å². The summed E-state index contributed by atoms with van der Waals surface area (Å²) in [4.78, 5) is 11.3. The van der Waals surface area contributed by atoms with Crippen molar-refractivity contribution in [2.45, 2.75) is 44.6 Å². The molecule has 2 fully saturated rings. The first kappa shape index (κ1) is 8.24. The molecule has 1 saturated heterocycles. The van der Waals surface area contributed by atoms with Crippen molar-refractivity contribution in [3.05, 3.63) is 0 Å². The third-order valence-corrected chi connectivity index (χ3v) is 2.91. The van der Waals surface area contributed by atoms with Gasteiger partial charge in [0.15, 0.2) is 5.78 Å². The van der Waals surface area contributed by atoms with E-state index in [-0.39, 0.29) is 6.10 Å². The first-order valence-electron chi connectivity index (χ1n) is 5.00. The molecule has 0 aromatic carbocycles. The number of rotatable bonds is 3. The van der Waals surface area contributed by atoms with Gasteiger partial charge in [-0.15, -0.1) is 0 Å². The SMILES string of the molecule is O=C(CC1CCCCC1)[C@H]1CO1. The highest BCUT2D eigenvalue weighted by molar-refractivity contribution is 5.85. The van der Waals surface area contributed by atoms with E-state index in [9.17, 15) is 4.79 Å². The number of ketones is 1. The summed E-state index contributed by atoms with van der Waals surface area (Å²) >= 11 is 0. The van der Waals surface area contributed by atoms with Crippen molar-refractivity contribution in [1.82, 2.24) is 0 Å². The van der Waals surface area contributed by atoms with Crippen LogP contribution in [0.5, 0.6) is 0 Å². The molecule has 2 aliphatic rings. The summed E-state index contributed by atoms with van der Waals surface area (Å²) < 4.78 is 4.96. The Balaban J connectivity index is 1.73. The molecule has 2 heteroatoms. The Morgan fingerprint density at radius 1 is 1.25 bits per heavy atom. The molecule has 1 heterocycles. The lowest BCUT2D eigenvalue weighted by atomic mass is 9.85. The summed E-state index contributed by atoms with van der Waals surface area (Å²) in [6, 6.07) is 0. The topological polar surface area (TPSA) is 29.6 Å². The molecule has 1 aliphatic carbocycles. The Bertz CT molecular complexity index is 167.